The summed E-state index contributed by atoms with van der Waals surface area (Å²) >= 11 is 0. The first-order valence-electron chi connectivity index (χ1n) is 5.37. The highest BCUT2D eigenvalue weighted by Crippen LogP contribution is 2.37. The highest BCUT2D eigenvalue weighted by atomic mass is 32.2. The largest absolute Gasteiger partial charge is 0.405 e. The maximum absolute atomic E-state index is 12.7. The number of hydrogen-bond donors (Lipinski definition) is 1. The Labute approximate surface area is 96.6 Å². The molecular weight excluding hydrogens is 239 g/mol. The minimum Gasteiger partial charge on any atom is -0.242 e. The zero-order valence-electron chi connectivity index (χ0n) is 9.73. The molecule has 1 rings (SSSR count). The van der Waals surface area contributed by atoms with Crippen LogP contribution >= 0.6 is 0 Å². The number of rotatable bonds is 3. The maximum Gasteiger partial charge on any atom is 0.405 e. The summed E-state index contributed by atoms with van der Waals surface area (Å²) in [6, 6.07) is -1.62. The lowest BCUT2D eigenvalue weighted by molar-refractivity contribution is -0.168. The molecule has 0 amide bonds. The first-order valence-corrected chi connectivity index (χ1v) is 6.52. The normalized spacial score (nSPS) is 22.6. The van der Waals surface area contributed by atoms with Gasteiger partial charge in [0.25, 0.3) is 0 Å². The molecule has 2 atom stereocenters. The molecule has 1 aliphatic rings. The van der Waals surface area contributed by atoms with Crippen LogP contribution in [0.5, 0.6) is 0 Å². The van der Waals surface area contributed by atoms with Crippen LogP contribution in [0.3, 0.4) is 0 Å². The fourth-order valence-electron chi connectivity index (χ4n) is 1.50. The van der Waals surface area contributed by atoms with Gasteiger partial charge in [0.05, 0.1) is 15.7 Å². The molecule has 0 aliphatic heterocycles. The Morgan fingerprint density at radius 2 is 1.75 bits per heavy atom. The third-order valence-electron chi connectivity index (χ3n) is 2.76. The number of nitrogens with one attached hydrogen (secondary N) is 1. The summed E-state index contributed by atoms with van der Waals surface area (Å²) in [7, 11) is -1.67. The summed E-state index contributed by atoms with van der Waals surface area (Å²) < 4.78 is 51.5. The number of halogens is 3. The van der Waals surface area contributed by atoms with Crippen LogP contribution in [0.25, 0.3) is 0 Å². The Kier molecular flexibility index (Phi) is 4.05. The molecule has 16 heavy (non-hydrogen) atoms. The van der Waals surface area contributed by atoms with Gasteiger partial charge in [-0.15, -0.1) is 0 Å². The Morgan fingerprint density at radius 3 is 2.00 bits per heavy atom. The van der Waals surface area contributed by atoms with Crippen LogP contribution in [0.1, 0.15) is 40.0 Å². The van der Waals surface area contributed by atoms with Crippen molar-refractivity contribution in [3.05, 3.63) is 0 Å². The Bertz CT molecular complexity index is 268. The van der Waals surface area contributed by atoms with Gasteiger partial charge in [-0.25, -0.2) is 8.93 Å². The van der Waals surface area contributed by atoms with Crippen molar-refractivity contribution in [2.24, 2.45) is 5.92 Å². The van der Waals surface area contributed by atoms with Crippen LogP contribution in [0.4, 0.5) is 13.2 Å². The quantitative estimate of drug-likeness (QED) is 0.827. The van der Waals surface area contributed by atoms with Crippen LogP contribution in [0, 0.1) is 5.92 Å². The van der Waals surface area contributed by atoms with Gasteiger partial charge in [-0.2, -0.15) is 13.2 Å². The van der Waals surface area contributed by atoms with Gasteiger partial charge in [0.15, 0.2) is 0 Å². The maximum atomic E-state index is 12.7. The first kappa shape index (κ1) is 14.0. The van der Waals surface area contributed by atoms with Crippen molar-refractivity contribution < 1.29 is 17.4 Å². The van der Waals surface area contributed by atoms with Crippen LogP contribution in [-0.2, 0) is 11.0 Å². The monoisotopic (exact) mass is 257 g/mol. The van der Waals surface area contributed by atoms with Gasteiger partial charge >= 0.3 is 6.18 Å². The van der Waals surface area contributed by atoms with E-state index < -0.39 is 33.9 Å². The molecule has 1 saturated carbocycles. The molecule has 0 spiro atoms. The molecule has 0 aromatic carbocycles. The second kappa shape index (κ2) is 4.64. The summed E-state index contributed by atoms with van der Waals surface area (Å²) in [5.74, 6) is -0.411. The molecule has 1 aliphatic carbocycles. The minimum atomic E-state index is -4.31. The van der Waals surface area contributed by atoms with Gasteiger partial charge in [-0.3, -0.25) is 0 Å². The summed E-state index contributed by atoms with van der Waals surface area (Å²) in [6.45, 7) is 4.97. The van der Waals surface area contributed by atoms with E-state index >= 15 is 0 Å². The standard InChI is InChI=1S/C10H18F3NOS/c1-9(2,3)16(15)14-8(10(11,12)13)7-5-4-6-7/h7-8,14H,4-6H2,1-3H3/t8-,16-/m1/s1. The fraction of sp³-hybridized carbons (Fsp3) is 1.00. The van der Waals surface area contributed by atoms with Gasteiger partial charge in [-0.05, 0) is 39.5 Å². The zero-order chi connectivity index (χ0) is 12.6. The average Bonchev–Trinajstić information content (AvgIpc) is 1.95. The topological polar surface area (TPSA) is 29.1 Å². The molecule has 6 heteroatoms. The zero-order valence-corrected chi connectivity index (χ0v) is 10.5. The molecule has 1 N–H and O–H groups in total. The second-order valence-corrected chi connectivity index (χ2v) is 7.21. The lowest BCUT2D eigenvalue weighted by Crippen LogP contribution is -2.53. The predicted molar refractivity (Wildman–Crippen MR) is 58.2 cm³/mol. The molecule has 0 radical (unpaired) electrons. The number of hydrogen-bond acceptors (Lipinski definition) is 1. The third-order valence-corrected chi connectivity index (χ3v) is 4.34. The molecule has 2 nitrogen and oxygen atoms in total. The van der Waals surface area contributed by atoms with Crippen LogP contribution in [0.2, 0.25) is 0 Å². The van der Waals surface area contributed by atoms with Crippen LogP contribution < -0.4 is 4.72 Å². The van der Waals surface area contributed by atoms with E-state index in [1.807, 2.05) is 0 Å². The Balaban J connectivity index is 2.68. The van der Waals surface area contributed by atoms with Gasteiger partial charge in [-0.1, -0.05) is 6.42 Å². The molecule has 0 unspecified atom stereocenters. The van der Waals surface area contributed by atoms with Crippen molar-refractivity contribution >= 4 is 11.0 Å². The second-order valence-electron chi connectivity index (χ2n) is 5.21. The Morgan fingerprint density at radius 1 is 1.25 bits per heavy atom. The van der Waals surface area contributed by atoms with Gasteiger partial charge in [0, 0.05) is 0 Å². The predicted octanol–water partition coefficient (Wildman–Crippen LogP) is 2.77. The molecule has 0 saturated heterocycles. The van der Waals surface area contributed by atoms with Crippen molar-refractivity contribution in [3.8, 4) is 0 Å². The number of alkyl halides is 3. The molecule has 0 heterocycles. The van der Waals surface area contributed by atoms with E-state index in [1.54, 1.807) is 20.8 Å². The average molecular weight is 257 g/mol. The summed E-state index contributed by atoms with van der Waals surface area (Å²) in [4.78, 5) is 0. The van der Waals surface area contributed by atoms with Crippen molar-refractivity contribution in [2.45, 2.75) is 57.0 Å². The summed E-state index contributed by atoms with van der Waals surface area (Å²) in [5, 5.41) is 0. The van der Waals surface area contributed by atoms with Crippen LogP contribution in [-0.4, -0.2) is 21.2 Å². The SMILES string of the molecule is CC(C)(C)[S@@](=O)N[C@H](C1CCC1)C(F)(F)F. The molecule has 0 aromatic heterocycles. The molecule has 96 valence electrons. The van der Waals surface area contributed by atoms with Crippen LogP contribution in [0.15, 0.2) is 0 Å². The smallest absolute Gasteiger partial charge is 0.242 e. The molecule has 0 bridgehead atoms. The Hall–Kier alpha value is -0.100. The van der Waals surface area contributed by atoms with E-state index in [0.29, 0.717) is 12.8 Å². The van der Waals surface area contributed by atoms with E-state index in [4.69, 9.17) is 0 Å². The van der Waals surface area contributed by atoms with Crippen molar-refractivity contribution in [1.82, 2.24) is 4.72 Å². The molecular formula is C10H18F3NOS. The lowest BCUT2D eigenvalue weighted by Gasteiger charge is -2.36. The van der Waals surface area contributed by atoms with E-state index in [2.05, 4.69) is 4.72 Å². The van der Waals surface area contributed by atoms with E-state index in [1.165, 1.54) is 0 Å². The minimum absolute atomic E-state index is 0.411. The third kappa shape index (κ3) is 3.45. The van der Waals surface area contributed by atoms with Gasteiger partial charge in [0.2, 0.25) is 0 Å². The van der Waals surface area contributed by atoms with Crippen molar-refractivity contribution in [3.63, 3.8) is 0 Å². The highest BCUT2D eigenvalue weighted by Gasteiger charge is 2.47. The fourth-order valence-corrected chi connectivity index (χ4v) is 2.41. The summed E-state index contributed by atoms with van der Waals surface area (Å²) in [6.07, 6.45) is -2.34. The van der Waals surface area contributed by atoms with Gasteiger partial charge < -0.3 is 0 Å². The van der Waals surface area contributed by atoms with E-state index in [9.17, 15) is 17.4 Å². The first-order chi connectivity index (χ1) is 7.12. The van der Waals surface area contributed by atoms with E-state index in [0.717, 1.165) is 6.42 Å². The molecule has 0 aromatic rings. The summed E-state index contributed by atoms with van der Waals surface area (Å²) in [5.41, 5.74) is 0. The van der Waals surface area contributed by atoms with E-state index in [-0.39, 0.29) is 0 Å². The highest BCUT2D eigenvalue weighted by molar-refractivity contribution is 7.84. The van der Waals surface area contributed by atoms with Gasteiger partial charge in [0.1, 0.15) is 6.04 Å². The molecule has 1 fully saturated rings. The van der Waals surface area contributed by atoms with Crippen molar-refractivity contribution in [1.29, 1.82) is 0 Å². The van der Waals surface area contributed by atoms with Crippen molar-refractivity contribution in [2.75, 3.05) is 0 Å². The lowest BCUT2D eigenvalue weighted by atomic mass is 9.80.